The number of hydrogen-bond donors (Lipinski definition) is 2. The van der Waals surface area contributed by atoms with Gasteiger partial charge in [-0.15, -0.1) is 0 Å². The average Bonchev–Trinajstić information content (AvgIpc) is 3.12. The molecule has 1 aromatic carbocycles. The number of methoxy groups -OCH3 is 1. The van der Waals surface area contributed by atoms with E-state index < -0.39 is 58.9 Å². The van der Waals surface area contributed by atoms with Crippen molar-refractivity contribution in [3.63, 3.8) is 0 Å². The number of carboxylic acid groups (broad SMARTS) is 1. The van der Waals surface area contributed by atoms with E-state index in [1.54, 1.807) is 26.8 Å². The zero-order valence-electron chi connectivity index (χ0n) is 21.4. The van der Waals surface area contributed by atoms with Gasteiger partial charge in [-0.3, -0.25) is 33.8 Å². The molecular formula is C26H29Cl2N3O7. The molecule has 1 heterocycles. The summed E-state index contributed by atoms with van der Waals surface area (Å²) >= 11 is 12.2. The lowest BCUT2D eigenvalue weighted by Crippen LogP contribution is -2.52. The van der Waals surface area contributed by atoms with E-state index in [0.717, 1.165) is 12.0 Å². The molecule has 0 saturated heterocycles. The molecule has 3 atom stereocenters. The second-order valence-corrected chi connectivity index (χ2v) is 10.8. The van der Waals surface area contributed by atoms with E-state index in [4.69, 9.17) is 27.9 Å². The molecule has 12 heteroatoms. The first kappa shape index (κ1) is 29.2. The quantitative estimate of drug-likeness (QED) is 0.480. The van der Waals surface area contributed by atoms with Crippen LogP contribution in [0.3, 0.4) is 0 Å². The van der Waals surface area contributed by atoms with E-state index in [1.165, 1.54) is 41.8 Å². The first-order valence-electron chi connectivity index (χ1n) is 11.8. The lowest BCUT2D eigenvalue weighted by molar-refractivity contribution is -0.155. The standard InChI is InChI=1S/C26H29Cl2N3O7/c1-25(2)15(8-9-26(25,3)24(36)37)21(33)29-18(14-19(32)38-4)22(34)30-10-12-31(13-11-30)23(35)20-16(27)6-5-7-17(20)28/h5-7,10-13,15,18H,8-9,14H2,1-4H3,(H,29,33)(H,36,37)/t15-,18-,26-/m0/s1. The Morgan fingerprint density at radius 2 is 1.61 bits per heavy atom. The van der Waals surface area contributed by atoms with E-state index in [9.17, 15) is 29.1 Å². The molecule has 0 aromatic heterocycles. The van der Waals surface area contributed by atoms with Crippen LogP contribution in [0, 0.1) is 16.7 Å². The van der Waals surface area contributed by atoms with E-state index in [0.29, 0.717) is 12.8 Å². The molecule has 38 heavy (non-hydrogen) atoms. The molecule has 1 saturated carbocycles. The Labute approximate surface area is 230 Å². The summed E-state index contributed by atoms with van der Waals surface area (Å²) in [5.41, 5.74) is -1.95. The van der Waals surface area contributed by atoms with Crippen LogP contribution in [-0.4, -0.2) is 57.7 Å². The number of nitrogens with zero attached hydrogens (tertiary/aromatic N) is 2. The molecule has 2 aliphatic rings. The van der Waals surface area contributed by atoms with Crippen LogP contribution in [0.2, 0.25) is 10.0 Å². The minimum absolute atomic E-state index is 0.0910. The van der Waals surface area contributed by atoms with Gasteiger partial charge in [0, 0.05) is 30.7 Å². The zero-order valence-corrected chi connectivity index (χ0v) is 22.9. The highest BCUT2D eigenvalue weighted by Crippen LogP contribution is 2.56. The summed E-state index contributed by atoms with van der Waals surface area (Å²) in [5.74, 6) is -4.13. The van der Waals surface area contributed by atoms with Crippen LogP contribution in [0.4, 0.5) is 0 Å². The molecule has 0 spiro atoms. The number of nitrogens with one attached hydrogen (secondary N) is 1. The van der Waals surface area contributed by atoms with Crippen LogP contribution in [0.15, 0.2) is 43.0 Å². The number of carboxylic acids is 1. The van der Waals surface area contributed by atoms with Crippen molar-refractivity contribution >= 4 is 52.9 Å². The number of ether oxygens (including phenoxy) is 1. The van der Waals surface area contributed by atoms with Crippen LogP contribution in [0.5, 0.6) is 0 Å². The summed E-state index contributed by atoms with van der Waals surface area (Å²) in [6.45, 7) is 5.02. The Morgan fingerprint density at radius 3 is 2.11 bits per heavy atom. The van der Waals surface area contributed by atoms with E-state index in [1.807, 2.05) is 0 Å². The van der Waals surface area contributed by atoms with Crippen molar-refractivity contribution in [2.45, 2.75) is 46.1 Å². The number of hydrogen-bond acceptors (Lipinski definition) is 6. The molecule has 1 aliphatic carbocycles. The zero-order chi connectivity index (χ0) is 28.4. The molecule has 0 unspecified atom stereocenters. The van der Waals surface area contributed by atoms with Gasteiger partial charge in [-0.1, -0.05) is 43.1 Å². The van der Waals surface area contributed by atoms with Crippen molar-refractivity contribution in [2.75, 3.05) is 7.11 Å². The smallest absolute Gasteiger partial charge is 0.309 e. The van der Waals surface area contributed by atoms with Crippen molar-refractivity contribution in [2.24, 2.45) is 16.7 Å². The van der Waals surface area contributed by atoms with Gasteiger partial charge in [0.05, 0.1) is 34.6 Å². The summed E-state index contributed by atoms with van der Waals surface area (Å²) in [4.78, 5) is 65.7. The number of benzene rings is 1. The van der Waals surface area contributed by atoms with Gasteiger partial charge < -0.3 is 15.2 Å². The third-order valence-corrected chi connectivity index (χ3v) is 8.30. The fourth-order valence-electron chi connectivity index (χ4n) is 4.74. The predicted molar refractivity (Wildman–Crippen MR) is 139 cm³/mol. The van der Waals surface area contributed by atoms with Gasteiger partial charge in [-0.2, -0.15) is 0 Å². The van der Waals surface area contributed by atoms with Crippen LogP contribution in [0.1, 0.15) is 50.4 Å². The number of aliphatic carboxylic acids is 1. The predicted octanol–water partition coefficient (Wildman–Crippen LogP) is 3.80. The minimum atomic E-state index is -1.29. The van der Waals surface area contributed by atoms with Crippen molar-refractivity contribution < 1.29 is 33.8 Å². The molecule has 1 aliphatic heterocycles. The number of rotatable bonds is 7. The van der Waals surface area contributed by atoms with Crippen molar-refractivity contribution in [1.82, 2.24) is 15.1 Å². The molecule has 1 aromatic rings. The van der Waals surface area contributed by atoms with Gasteiger partial charge in [-0.05, 0) is 37.3 Å². The maximum Gasteiger partial charge on any atom is 0.309 e. The number of halogens is 2. The van der Waals surface area contributed by atoms with E-state index >= 15 is 0 Å². The Balaban J connectivity index is 1.77. The van der Waals surface area contributed by atoms with Gasteiger partial charge in [0.25, 0.3) is 11.8 Å². The van der Waals surface area contributed by atoms with Crippen molar-refractivity contribution in [3.8, 4) is 0 Å². The lowest BCUT2D eigenvalue weighted by atomic mass is 9.65. The molecule has 204 valence electrons. The third kappa shape index (κ3) is 5.42. The van der Waals surface area contributed by atoms with Crippen molar-refractivity contribution in [1.29, 1.82) is 0 Å². The summed E-state index contributed by atoms with van der Waals surface area (Å²) < 4.78 is 4.70. The number of carbonyl (C=O) groups excluding carboxylic acids is 4. The normalized spacial score (nSPS) is 22.6. The molecule has 0 bridgehead atoms. The highest BCUT2D eigenvalue weighted by atomic mass is 35.5. The van der Waals surface area contributed by atoms with Crippen LogP contribution in [0.25, 0.3) is 0 Å². The molecule has 3 amide bonds. The second kappa shape index (κ2) is 11.2. The first-order valence-corrected chi connectivity index (χ1v) is 12.6. The molecular weight excluding hydrogens is 537 g/mol. The fraction of sp³-hybridized carbons (Fsp3) is 0.423. The topological polar surface area (TPSA) is 133 Å². The summed E-state index contributed by atoms with van der Waals surface area (Å²) in [5, 5.41) is 12.7. The number of amides is 3. The second-order valence-electron chi connectivity index (χ2n) is 9.94. The molecule has 2 N–H and O–H groups in total. The number of carbonyl (C=O) groups is 5. The SMILES string of the molecule is COC(=O)C[C@H](NC(=O)[C@@H]1CC[C@@](C)(C(=O)O)C1(C)C)C(=O)N1C=CN(C(=O)c2c(Cl)cccc2Cl)C=C1. The van der Waals surface area contributed by atoms with Crippen molar-refractivity contribution in [3.05, 3.63) is 58.6 Å². The highest BCUT2D eigenvalue weighted by molar-refractivity contribution is 6.39. The Hall–Kier alpha value is -3.37. The first-order chi connectivity index (χ1) is 17.7. The summed E-state index contributed by atoms with van der Waals surface area (Å²) in [7, 11) is 1.16. The monoisotopic (exact) mass is 565 g/mol. The molecule has 3 rings (SSSR count). The number of esters is 1. The highest BCUT2D eigenvalue weighted by Gasteiger charge is 2.58. The lowest BCUT2D eigenvalue weighted by Gasteiger charge is -2.38. The van der Waals surface area contributed by atoms with Crippen LogP contribution < -0.4 is 5.32 Å². The minimum Gasteiger partial charge on any atom is -0.481 e. The van der Waals surface area contributed by atoms with E-state index in [-0.39, 0.29) is 15.6 Å². The maximum atomic E-state index is 13.3. The van der Waals surface area contributed by atoms with Crippen LogP contribution >= 0.6 is 23.2 Å². The van der Waals surface area contributed by atoms with Gasteiger partial charge in [0.1, 0.15) is 6.04 Å². The van der Waals surface area contributed by atoms with Gasteiger partial charge in [0.15, 0.2) is 0 Å². The Kier molecular flexibility index (Phi) is 8.58. The van der Waals surface area contributed by atoms with Gasteiger partial charge in [-0.25, -0.2) is 0 Å². The Bertz CT molecular complexity index is 1190. The summed E-state index contributed by atoms with van der Waals surface area (Å²) in [6.07, 6.45) is 5.38. The maximum absolute atomic E-state index is 13.3. The summed E-state index contributed by atoms with van der Waals surface area (Å²) in [6, 6.07) is 3.36. The molecule has 1 fully saturated rings. The molecule has 10 nitrogen and oxygen atoms in total. The van der Waals surface area contributed by atoms with Gasteiger partial charge in [0.2, 0.25) is 5.91 Å². The average molecular weight is 566 g/mol. The van der Waals surface area contributed by atoms with Crippen LogP contribution in [-0.2, 0) is 23.9 Å². The fourth-order valence-corrected chi connectivity index (χ4v) is 5.30. The largest absolute Gasteiger partial charge is 0.481 e. The van der Waals surface area contributed by atoms with Gasteiger partial charge >= 0.3 is 11.9 Å². The molecule has 0 radical (unpaired) electrons. The third-order valence-electron chi connectivity index (χ3n) is 7.67. The van der Waals surface area contributed by atoms with E-state index in [2.05, 4.69) is 5.32 Å². The Morgan fingerprint density at radius 1 is 1.05 bits per heavy atom.